The maximum Gasteiger partial charge on any atom is 0.347 e. The van der Waals surface area contributed by atoms with Gasteiger partial charge in [0.25, 0.3) is 0 Å². The topological polar surface area (TPSA) is 35.5 Å². The van der Waals surface area contributed by atoms with E-state index in [1.54, 1.807) is 0 Å². The van der Waals surface area contributed by atoms with Gasteiger partial charge in [0, 0.05) is 0 Å². The van der Waals surface area contributed by atoms with Crippen molar-refractivity contribution in [1.82, 2.24) is 0 Å². The van der Waals surface area contributed by atoms with Gasteiger partial charge in [0.15, 0.2) is 6.10 Å². The number of aryl methyl sites for hydroxylation is 2. The smallest absolute Gasteiger partial charge is 0.347 e. The molecule has 0 spiro atoms. The van der Waals surface area contributed by atoms with Crippen molar-refractivity contribution in [3.05, 3.63) is 29.3 Å². The lowest BCUT2D eigenvalue weighted by Crippen LogP contribution is -2.28. The van der Waals surface area contributed by atoms with Crippen molar-refractivity contribution >= 4 is 5.97 Å². The minimum Gasteiger partial charge on any atom is -0.479 e. The van der Waals surface area contributed by atoms with Gasteiger partial charge in [0.1, 0.15) is 5.75 Å². The molecule has 1 rings (SSSR count). The summed E-state index contributed by atoms with van der Waals surface area (Å²) in [6.45, 7) is 6.17. The van der Waals surface area contributed by atoms with Crippen molar-refractivity contribution < 1.29 is 14.3 Å². The summed E-state index contributed by atoms with van der Waals surface area (Å²) in [5.74, 6) is 0.422. The quantitative estimate of drug-likeness (QED) is 0.726. The number of hydrogen-bond donors (Lipinski definition) is 0. The monoisotopic (exact) mass is 250 g/mol. The summed E-state index contributed by atoms with van der Waals surface area (Å²) in [4.78, 5) is 11.6. The Morgan fingerprint density at radius 1 is 1.28 bits per heavy atom. The zero-order valence-electron chi connectivity index (χ0n) is 11.7. The SMILES string of the molecule is CCCCC(Oc1ccc(C)c(C)c1)C(=O)OC. The number of methoxy groups -OCH3 is 1. The number of ether oxygens (including phenoxy) is 2. The largest absolute Gasteiger partial charge is 0.479 e. The second-order valence-corrected chi connectivity index (χ2v) is 4.52. The highest BCUT2D eigenvalue weighted by molar-refractivity contribution is 5.74. The first-order valence-electron chi connectivity index (χ1n) is 6.40. The fraction of sp³-hybridized carbons (Fsp3) is 0.533. The maximum atomic E-state index is 11.6. The molecular formula is C15H22O3. The van der Waals surface area contributed by atoms with Crippen LogP contribution < -0.4 is 4.74 Å². The Kier molecular flexibility index (Phi) is 5.69. The summed E-state index contributed by atoms with van der Waals surface area (Å²) in [6, 6.07) is 5.85. The van der Waals surface area contributed by atoms with Gasteiger partial charge in [-0.25, -0.2) is 4.79 Å². The first kappa shape index (κ1) is 14.6. The average Bonchev–Trinajstić information content (AvgIpc) is 2.37. The van der Waals surface area contributed by atoms with Gasteiger partial charge in [-0.15, -0.1) is 0 Å². The molecule has 0 fully saturated rings. The second-order valence-electron chi connectivity index (χ2n) is 4.52. The summed E-state index contributed by atoms with van der Waals surface area (Å²) >= 11 is 0. The molecule has 3 nitrogen and oxygen atoms in total. The van der Waals surface area contributed by atoms with E-state index in [9.17, 15) is 4.79 Å². The van der Waals surface area contributed by atoms with E-state index in [4.69, 9.17) is 9.47 Å². The van der Waals surface area contributed by atoms with E-state index in [-0.39, 0.29) is 5.97 Å². The molecule has 0 heterocycles. The van der Waals surface area contributed by atoms with E-state index < -0.39 is 6.10 Å². The van der Waals surface area contributed by atoms with E-state index in [0.717, 1.165) is 24.2 Å². The van der Waals surface area contributed by atoms with E-state index in [1.807, 2.05) is 32.0 Å². The highest BCUT2D eigenvalue weighted by Crippen LogP contribution is 2.19. The molecule has 1 unspecified atom stereocenters. The first-order valence-corrected chi connectivity index (χ1v) is 6.40. The van der Waals surface area contributed by atoms with Crippen LogP contribution in [0.1, 0.15) is 37.3 Å². The molecule has 1 atom stereocenters. The normalized spacial score (nSPS) is 12.0. The molecule has 0 amide bonds. The standard InChI is InChI=1S/C15H22O3/c1-5-6-7-14(15(16)17-4)18-13-9-8-11(2)12(3)10-13/h8-10,14H,5-7H2,1-4H3. The van der Waals surface area contributed by atoms with Crippen molar-refractivity contribution in [1.29, 1.82) is 0 Å². The number of rotatable bonds is 6. The predicted octanol–water partition coefficient (Wildman–Crippen LogP) is 3.41. The zero-order valence-corrected chi connectivity index (χ0v) is 11.7. The van der Waals surface area contributed by atoms with Crippen LogP contribution in [0.4, 0.5) is 0 Å². The first-order chi connectivity index (χ1) is 8.58. The Bertz CT molecular complexity index is 399. The molecule has 1 aromatic rings. The third kappa shape index (κ3) is 4.06. The van der Waals surface area contributed by atoms with Gasteiger partial charge in [0.2, 0.25) is 0 Å². The molecule has 100 valence electrons. The van der Waals surface area contributed by atoms with E-state index in [0.29, 0.717) is 6.42 Å². The van der Waals surface area contributed by atoms with Gasteiger partial charge in [0.05, 0.1) is 7.11 Å². The Morgan fingerprint density at radius 2 is 2.00 bits per heavy atom. The lowest BCUT2D eigenvalue weighted by Gasteiger charge is -2.17. The summed E-state index contributed by atoms with van der Waals surface area (Å²) in [6.07, 6.45) is 2.17. The Balaban J connectivity index is 2.75. The van der Waals surface area contributed by atoms with Gasteiger partial charge in [-0.05, 0) is 49.9 Å². The highest BCUT2D eigenvalue weighted by Gasteiger charge is 2.20. The van der Waals surface area contributed by atoms with Gasteiger partial charge < -0.3 is 9.47 Å². The van der Waals surface area contributed by atoms with Crippen molar-refractivity contribution in [3.63, 3.8) is 0 Å². The van der Waals surface area contributed by atoms with E-state index >= 15 is 0 Å². The Labute approximate surface area is 109 Å². The molecule has 0 N–H and O–H groups in total. The molecule has 0 saturated heterocycles. The minimum absolute atomic E-state index is 0.304. The molecular weight excluding hydrogens is 228 g/mol. The summed E-state index contributed by atoms with van der Waals surface area (Å²) < 4.78 is 10.5. The molecule has 18 heavy (non-hydrogen) atoms. The molecule has 0 aromatic heterocycles. The number of hydrogen-bond acceptors (Lipinski definition) is 3. The fourth-order valence-electron chi connectivity index (χ4n) is 1.70. The van der Waals surface area contributed by atoms with Crippen molar-refractivity contribution in [2.45, 2.75) is 46.1 Å². The van der Waals surface area contributed by atoms with Crippen molar-refractivity contribution in [3.8, 4) is 5.75 Å². The second kappa shape index (κ2) is 7.04. The molecule has 0 radical (unpaired) electrons. The Hall–Kier alpha value is -1.51. The number of carbonyl (C=O) groups excluding carboxylic acids is 1. The molecule has 3 heteroatoms. The van der Waals surface area contributed by atoms with Crippen LogP contribution in [0, 0.1) is 13.8 Å². The van der Waals surface area contributed by atoms with Crippen LogP contribution in [0.25, 0.3) is 0 Å². The molecule has 0 aliphatic rings. The average molecular weight is 250 g/mol. The van der Waals surface area contributed by atoms with Crippen LogP contribution in [0.3, 0.4) is 0 Å². The predicted molar refractivity (Wildman–Crippen MR) is 71.9 cm³/mol. The van der Waals surface area contributed by atoms with Gasteiger partial charge in [-0.2, -0.15) is 0 Å². The maximum absolute atomic E-state index is 11.6. The Morgan fingerprint density at radius 3 is 2.56 bits per heavy atom. The highest BCUT2D eigenvalue weighted by atomic mass is 16.6. The third-order valence-corrected chi connectivity index (χ3v) is 3.04. The van der Waals surface area contributed by atoms with Crippen LogP contribution in [0.2, 0.25) is 0 Å². The van der Waals surface area contributed by atoms with Crippen LogP contribution in [-0.2, 0) is 9.53 Å². The van der Waals surface area contributed by atoms with Gasteiger partial charge in [-0.1, -0.05) is 19.4 Å². The fourth-order valence-corrected chi connectivity index (χ4v) is 1.70. The lowest BCUT2D eigenvalue weighted by molar-refractivity contribution is -0.149. The molecule has 0 saturated carbocycles. The molecule has 1 aromatic carbocycles. The molecule has 0 aliphatic heterocycles. The van der Waals surface area contributed by atoms with Crippen LogP contribution >= 0.6 is 0 Å². The van der Waals surface area contributed by atoms with Crippen LogP contribution in [-0.4, -0.2) is 19.2 Å². The number of esters is 1. The summed E-state index contributed by atoms with van der Waals surface area (Å²) in [5, 5.41) is 0. The zero-order chi connectivity index (χ0) is 13.5. The lowest BCUT2D eigenvalue weighted by atomic mass is 10.1. The van der Waals surface area contributed by atoms with Crippen molar-refractivity contribution in [2.75, 3.05) is 7.11 Å². The van der Waals surface area contributed by atoms with Crippen LogP contribution in [0.15, 0.2) is 18.2 Å². The number of carbonyl (C=O) groups is 1. The third-order valence-electron chi connectivity index (χ3n) is 3.04. The van der Waals surface area contributed by atoms with Crippen LogP contribution in [0.5, 0.6) is 5.75 Å². The van der Waals surface area contributed by atoms with Gasteiger partial charge in [-0.3, -0.25) is 0 Å². The molecule has 0 aliphatic carbocycles. The molecule has 0 bridgehead atoms. The minimum atomic E-state index is -0.503. The van der Waals surface area contributed by atoms with Crippen molar-refractivity contribution in [2.24, 2.45) is 0 Å². The van der Waals surface area contributed by atoms with Gasteiger partial charge >= 0.3 is 5.97 Å². The summed E-state index contributed by atoms with van der Waals surface area (Å²) in [7, 11) is 1.39. The number of benzene rings is 1. The summed E-state index contributed by atoms with van der Waals surface area (Å²) in [5.41, 5.74) is 2.37. The van der Waals surface area contributed by atoms with E-state index in [2.05, 4.69) is 6.92 Å². The van der Waals surface area contributed by atoms with E-state index in [1.165, 1.54) is 12.7 Å². The number of unbranched alkanes of at least 4 members (excludes halogenated alkanes) is 1.